The van der Waals surface area contributed by atoms with Crippen molar-refractivity contribution >= 4 is 11.0 Å². The first-order valence-electron chi connectivity index (χ1n) is 7.53. The summed E-state index contributed by atoms with van der Waals surface area (Å²) in [4.78, 5) is 11.3. The molecule has 4 N–H and O–H groups in total. The quantitative estimate of drug-likeness (QED) is 0.508. The second-order valence-corrected chi connectivity index (χ2v) is 5.61. The second-order valence-electron chi connectivity index (χ2n) is 5.61. The van der Waals surface area contributed by atoms with Gasteiger partial charge in [-0.15, -0.1) is 0 Å². The van der Waals surface area contributed by atoms with Gasteiger partial charge in [-0.05, 0) is 12.1 Å². The Morgan fingerprint density at radius 1 is 1.08 bits per heavy atom. The molecule has 0 radical (unpaired) electrons. The lowest BCUT2D eigenvalue weighted by Gasteiger charge is -2.39. The molecule has 3 rings (SSSR count). The summed E-state index contributed by atoms with van der Waals surface area (Å²) in [6.07, 6.45) is -7.02. The van der Waals surface area contributed by atoms with Crippen LogP contribution in [0.2, 0.25) is 0 Å². The minimum Gasteiger partial charge on any atom is -0.493 e. The third-order valence-electron chi connectivity index (χ3n) is 4.00. The molecule has 0 spiro atoms. The molecule has 1 aromatic heterocycles. The van der Waals surface area contributed by atoms with E-state index in [0.717, 1.165) is 0 Å². The van der Waals surface area contributed by atoms with Gasteiger partial charge < -0.3 is 39.1 Å². The summed E-state index contributed by atoms with van der Waals surface area (Å²) in [6.45, 7) is -0.565. The smallest absolute Gasteiger partial charge is 0.336 e. The van der Waals surface area contributed by atoms with Crippen molar-refractivity contribution in [1.82, 2.24) is 0 Å². The Morgan fingerprint density at radius 3 is 2.52 bits per heavy atom. The van der Waals surface area contributed by atoms with Gasteiger partial charge >= 0.3 is 5.63 Å². The van der Waals surface area contributed by atoms with Crippen LogP contribution < -0.4 is 15.1 Å². The fraction of sp³-hybridized carbons (Fsp3) is 0.438. The first-order valence-corrected chi connectivity index (χ1v) is 7.53. The van der Waals surface area contributed by atoms with Crippen molar-refractivity contribution in [3.05, 3.63) is 34.7 Å². The summed E-state index contributed by atoms with van der Waals surface area (Å²) in [5, 5.41) is 39.4. The maximum absolute atomic E-state index is 11.3. The highest BCUT2D eigenvalue weighted by atomic mass is 16.7. The van der Waals surface area contributed by atoms with E-state index in [4.69, 9.17) is 18.6 Å². The van der Waals surface area contributed by atoms with E-state index in [0.29, 0.717) is 5.39 Å². The van der Waals surface area contributed by atoms with E-state index in [2.05, 4.69) is 0 Å². The number of methoxy groups -OCH3 is 1. The minimum absolute atomic E-state index is 0.160. The highest BCUT2D eigenvalue weighted by molar-refractivity contribution is 5.80. The Hall–Kier alpha value is -2.17. The van der Waals surface area contributed by atoms with E-state index >= 15 is 0 Å². The third kappa shape index (κ3) is 3.32. The average molecular weight is 354 g/mol. The minimum atomic E-state index is -1.56. The summed E-state index contributed by atoms with van der Waals surface area (Å²) in [5.74, 6) is 0.368. The average Bonchev–Trinajstić information content (AvgIpc) is 2.61. The lowest BCUT2D eigenvalue weighted by Crippen LogP contribution is -2.60. The first kappa shape index (κ1) is 17.6. The summed E-state index contributed by atoms with van der Waals surface area (Å²) < 4.78 is 21.1. The van der Waals surface area contributed by atoms with Gasteiger partial charge in [0.15, 0.2) is 11.5 Å². The molecular formula is C16H18O9. The Morgan fingerprint density at radius 2 is 1.84 bits per heavy atom. The lowest BCUT2D eigenvalue weighted by molar-refractivity contribution is -0.277. The molecule has 9 heteroatoms. The molecule has 25 heavy (non-hydrogen) atoms. The van der Waals surface area contributed by atoms with Crippen LogP contribution in [0.5, 0.6) is 11.5 Å². The van der Waals surface area contributed by atoms with Crippen LogP contribution in [0.3, 0.4) is 0 Å². The van der Waals surface area contributed by atoms with Crippen molar-refractivity contribution in [3.63, 3.8) is 0 Å². The van der Waals surface area contributed by atoms with Crippen LogP contribution in [0.25, 0.3) is 11.0 Å². The lowest BCUT2D eigenvalue weighted by atomic mass is 9.99. The summed E-state index contributed by atoms with van der Waals surface area (Å²) in [5.41, 5.74) is -0.234. The van der Waals surface area contributed by atoms with Crippen LogP contribution in [0.4, 0.5) is 0 Å². The maximum atomic E-state index is 11.3. The van der Waals surface area contributed by atoms with E-state index in [-0.39, 0.29) is 17.1 Å². The van der Waals surface area contributed by atoms with Gasteiger partial charge in [-0.1, -0.05) is 0 Å². The molecule has 1 fully saturated rings. The highest BCUT2D eigenvalue weighted by Crippen LogP contribution is 2.34. The number of hydrogen-bond donors (Lipinski definition) is 4. The molecule has 1 aliphatic rings. The molecule has 0 bridgehead atoms. The normalized spacial score (nSPS) is 29.6. The number of rotatable bonds is 4. The van der Waals surface area contributed by atoms with Gasteiger partial charge in [0.25, 0.3) is 0 Å². The van der Waals surface area contributed by atoms with E-state index < -0.39 is 42.9 Å². The summed E-state index contributed by atoms with van der Waals surface area (Å²) >= 11 is 0. The van der Waals surface area contributed by atoms with Crippen molar-refractivity contribution in [2.75, 3.05) is 13.7 Å². The maximum Gasteiger partial charge on any atom is 0.336 e. The van der Waals surface area contributed by atoms with Crippen LogP contribution in [-0.4, -0.2) is 64.8 Å². The molecule has 2 aromatic rings. The molecule has 1 aromatic carbocycles. The zero-order chi connectivity index (χ0) is 18.1. The van der Waals surface area contributed by atoms with Crippen LogP contribution in [-0.2, 0) is 4.74 Å². The zero-order valence-electron chi connectivity index (χ0n) is 13.2. The predicted octanol–water partition coefficient (Wildman–Crippen LogP) is -1.02. The Kier molecular flexibility index (Phi) is 4.93. The van der Waals surface area contributed by atoms with Gasteiger partial charge in [-0.25, -0.2) is 4.79 Å². The van der Waals surface area contributed by atoms with Crippen molar-refractivity contribution in [3.8, 4) is 11.5 Å². The van der Waals surface area contributed by atoms with Crippen molar-refractivity contribution in [1.29, 1.82) is 0 Å². The Bertz CT molecular complexity index is 800. The highest BCUT2D eigenvalue weighted by Gasteiger charge is 2.45. The molecule has 1 aliphatic heterocycles. The summed E-state index contributed by atoms with van der Waals surface area (Å²) in [6, 6.07) is 5.72. The van der Waals surface area contributed by atoms with E-state index in [9.17, 15) is 25.2 Å². The largest absolute Gasteiger partial charge is 0.493 e. The van der Waals surface area contributed by atoms with Crippen molar-refractivity contribution in [2.24, 2.45) is 0 Å². The van der Waals surface area contributed by atoms with Crippen LogP contribution in [0, 0.1) is 0 Å². The molecule has 136 valence electrons. The van der Waals surface area contributed by atoms with Crippen molar-refractivity contribution < 1.29 is 39.1 Å². The van der Waals surface area contributed by atoms with Crippen molar-refractivity contribution in [2.45, 2.75) is 30.7 Å². The van der Waals surface area contributed by atoms with E-state index in [1.165, 1.54) is 31.4 Å². The topological polar surface area (TPSA) is 139 Å². The fourth-order valence-electron chi connectivity index (χ4n) is 2.62. The third-order valence-corrected chi connectivity index (χ3v) is 4.00. The molecule has 2 heterocycles. The van der Waals surface area contributed by atoms with Gasteiger partial charge in [0.2, 0.25) is 6.29 Å². The van der Waals surface area contributed by atoms with Gasteiger partial charge in [0.05, 0.1) is 13.7 Å². The zero-order valence-corrected chi connectivity index (χ0v) is 13.2. The predicted molar refractivity (Wildman–Crippen MR) is 83.4 cm³/mol. The second kappa shape index (κ2) is 6.98. The van der Waals surface area contributed by atoms with Gasteiger partial charge in [-0.3, -0.25) is 0 Å². The standard InChI is InChI=1S/C16H18O9/c1-22-9-5-8-7(2-3-12(18)23-8)4-10(9)24-16-15(21)14(20)13(19)11(6-17)25-16/h2-5,11,13-17,19-21H,6H2,1H3/t11-,13-,14+,15-,16+/m1/s1. The molecule has 5 atom stereocenters. The van der Waals surface area contributed by atoms with Gasteiger partial charge in [0, 0.05) is 17.5 Å². The SMILES string of the molecule is COc1cc2oc(=O)ccc2cc1O[C@H]1O[C@H](CO)[C@@H](O)[C@H](O)[C@H]1O. The Labute approximate surface area is 141 Å². The number of hydrogen-bond acceptors (Lipinski definition) is 9. The first-order chi connectivity index (χ1) is 11.9. The number of ether oxygens (including phenoxy) is 3. The Balaban J connectivity index is 1.93. The molecular weight excluding hydrogens is 336 g/mol. The summed E-state index contributed by atoms with van der Waals surface area (Å²) in [7, 11) is 1.38. The molecule has 1 saturated heterocycles. The van der Waals surface area contributed by atoms with Crippen LogP contribution in [0.1, 0.15) is 0 Å². The number of aliphatic hydroxyl groups is 4. The molecule has 0 amide bonds. The molecule has 0 saturated carbocycles. The number of aliphatic hydroxyl groups excluding tert-OH is 4. The van der Waals surface area contributed by atoms with E-state index in [1.807, 2.05) is 0 Å². The molecule has 0 aliphatic carbocycles. The van der Waals surface area contributed by atoms with Gasteiger partial charge in [-0.2, -0.15) is 0 Å². The van der Waals surface area contributed by atoms with E-state index in [1.54, 1.807) is 0 Å². The van der Waals surface area contributed by atoms with Crippen LogP contribution >= 0.6 is 0 Å². The number of benzene rings is 1. The molecule has 0 unspecified atom stereocenters. The number of fused-ring (bicyclic) bond motifs is 1. The molecule has 9 nitrogen and oxygen atoms in total. The van der Waals surface area contributed by atoms with Crippen LogP contribution in [0.15, 0.2) is 33.5 Å². The fourth-order valence-corrected chi connectivity index (χ4v) is 2.62. The monoisotopic (exact) mass is 354 g/mol. The van der Waals surface area contributed by atoms with Gasteiger partial charge in [0.1, 0.15) is 30.0 Å².